The lowest BCUT2D eigenvalue weighted by Crippen LogP contribution is -2.43. The van der Waals surface area contributed by atoms with Crippen LogP contribution in [0.25, 0.3) is 22.6 Å². The Morgan fingerprint density at radius 2 is 1.94 bits per heavy atom. The molecule has 0 atom stereocenters. The summed E-state index contributed by atoms with van der Waals surface area (Å²) in [6, 6.07) is 5.88. The van der Waals surface area contributed by atoms with E-state index in [9.17, 15) is 4.79 Å². The molecule has 4 rings (SSSR count). The average molecular weight is 439 g/mol. The molecule has 1 aliphatic heterocycles. The van der Waals surface area contributed by atoms with E-state index in [1.54, 1.807) is 12.0 Å². The van der Waals surface area contributed by atoms with Crippen LogP contribution in [-0.2, 0) is 13.0 Å². The monoisotopic (exact) mass is 438 g/mol. The number of aromatic nitrogens is 5. The first-order valence-corrected chi connectivity index (χ1v) is 10.7. The van der Waals surface area contributed by atoms with Crippen LogP contribution in [0.3, 0.4) is 0 Å². The Hall–Kier alpha value is -3.36. The number of amides is 1. The van der Waals surface area contributed by atoms with Crippen LogP contribution in [0.2, 0.25) is 0 Å². The number of hydrogen-bond donors (Lipinski definition) is 1. The Kier molecular flexibility index (Phi) is 5.44. The van der Waals surface area contributed by atoms with E-state index < -0.39 is 0 Å². The molecule has 32 heavy (non-hydrogen) atoms. The Labute approximate surface area is 187 Å². The second-order valence-electron chi connectivity index (χ2n) is 9.29. The summed E-state index contributed by atoms with van der Waals surface area (Å²) in [5.74, 6) is 1.75. The van der Waals surface area contributed by atoms with Crippen LogP contribution in [0.5, 0.6) is 11.5 Å². The number of carbonyl (C=O) groups excluding carboxylic acids is 1. The van der Waals surface area contributed by atoms with Crippen LogP contribution in [-0.4, -0.2) is 61.8 Å². The summed E-state index contributed by atoms with van der Waals surface area (Å²) in [6.45, 7) is 10.7. The molecule has 0 aliphatic carbocycles. The van der Waals surface area contributed by atoms with E-state index in [4.69, 9.17) is 9.47 Å². The molecule has 1 aromatic carbocycles. The van der Waals surface area contributed by atoms with Gasteiger partial charge in [-0.25, -0.2) is 0 Å². The van der Waals surface area contributed by atoms with Crippen LogP contribution >= 0.6 is 0 Å². The third-order valence-corrected chi connectivity index (χ3v) is 5.83. The van der Waals surface area contributed by atoms with Crippen LogP contribution < -0.4 is 9.47 Å². The zero-order valence-corrected chi connectivity index (χ0v) is 19.7. The average Bonchev–Trinajstić information content (AvgIpc) is 3.38. The van der Waals surface area contributed by atoms with Gasteiger partial charge in [-0.3, -0.25) is 4.79 Å². The molecular formula is C23H30N6O3. The van der Waals surface area contributed by atoms with E-state index in [-0.39, 0.29) is 17.6 Å². The fourth-order valence-corrected chi connectivity index (χ4v) is 3.94. The van der Waals surface area contributed by atoms with Gasteiger partial charge in [-0.15, -0.1) is 10.2 Å². The van der Waals surface area contributed by atoms with Crippen molar-refractivity contribution in [2.75, 3.05) is 14.2 Å². The number of tetrazole rings is 1. The van der Waals surface area contributed by atoms with Crippen LogP contribution in [0.15, 0.2) is 18.2 Å². The quantitative estimate of drug-likeness (QED) is 0.654. The number of nitrogens with one attached hydrogen (secondary N) is 1. The van der Waals surface area contributed by atoms with E-state index in [0.717, 1.165) is 28.8 Å². The van der Waals surface area contributed by atoms with Crippen molar-refractivity contribution in [1.82, 2.24) is 30.1 Å². The van der Waals surface area contributed by atoms with Crippen molar-refractivity contribution in [3.8, 4) is 34.1 Å². The van der Waals surface area contributed by atoms with Gasteiger partial charge in [0.2, 0.25) is 5.82 Å². The molecule has 1 aliphatic rings. The highest BCUT2D eigenvalue weighted by Crippen LogP contribution is 2.44. The molecule has 0 fully saturated rings. The van der Waals surface area contributed by atoms with Crippen molar-refractivity contribution in [3.05, 3.63) is 29.5 Å². The second-order valence-corrected chi connectivity index (χ2v) is 9.29. The van der Waals surface area contributed by atoms with Crippen molar-refractivity contribution < 1.29 is 14.3 Å². The predicted molar refractivity (Wildman–Crippen MR) is 121 cm³/mol. The van der Waals surface area contributed by atoms with Gasteiger partial charge in [0.1, 0.15) is 5.69 Å². The molecule has 2 aromatic heterocycles. The molecule has 9 heteroatoms. The summed E-state index contributed by atoms with van der Waals surface area (Å²) >= 11 is 0. The molecule has 0 bridgehead atoms. The number of ether oxygens (including phenoxy) is 2. The molecule has 170 valence electrons. The summed E-state index contributed by atoms with van der Waals surface area (Å²) in [6.07, 6.45) is 0.757. The van der Waals surface area contributed by atoms with Gasteiger partial charge in [-0.1, -0.05) is 0 Å². The molecule has 0 radical (unpaired) electrons. The minimum atomic E-state index is -0.313. The standard InChI is InChI=1S/C23H30N6O3/c1-13(2)32-19-12-15-14(10-18(19)31-7)8-9-29-17(22(30)28(6)23(3,4)5)11-16(20(15)29)21-24-26-27-25-21/h10-13H,8-9H2,1-7H3,(H,24,25,26,27). The first-order valence-electron chi connectivity index (χ1n) is 10.7. The summed E-state index contributed by atoms with van der Waals surface area (Å²) in [7, 11) is 3.47. The van der Waals surface area contributed by atoms with Crippen LogP contribution in [0.4, 0.5) is 0 Å². The van der Waals surface area contributed by atoms with E-state index in [2.05, 4.69) is 25.2 Å². The van der Waals surface area contributed by atoms with Crippen LogP contribution in [0, 0.1) is 0 Å². The maximum Gasteiger partial charge on any atom is 0.270 e. The minimum Gasteiger partial charge on any atom is -0.493 e. The summed E-state index contributed by atoms with van der Waals surface area (Å²) < 4.78 is 13.7. The molecule has 3 heterocycles. The maximum atomic E-state index is 13.5. The fraction of sp³-hybridized carbons (Fsp3) is 0.478. The topological polar surface area (TPSA) is 98.2 Å². The van der Waals surface area contributed by atoms with Gasteiger partial charge in [0.25, 0.3) is 5.91 Å². The molecule has 0 saturated heterocycles. The van der Waals surface area contributed by atoms with Gasteiger partial charge >= 0.3 is 0 Å². The van der Waals surface area contributed by atoms with Gasteiger partial charge in [-0.05, 0) is 70.0 Å². The third-order valence-electron chi connectivity index (χ3n) is 5.83. The second kappa shape index (κ2) is 7.96. The number of H-pyrrole nitrogens is 1. The van der Waals surface area contributed by atoms with Crippen molar-refractivity contribution in [3.63, 3.8) is 0 Å². The number of fused-ring (bicyclic) bond motifs is 3. The Morgan fingerprint density at radius 3 is 2.53 bits per heavy atom. The van der Waals surface area contributed by atoms with Crippen molar-refractivity contribution in [2.24, 2.45) is 0 Å². The molecule has 1 amide bonds. The zero-order chi connectivity index (χ0) is 23.2. The number of aryl methyl sites for hydroxylation is 1. The number of carbonyl (C=O) groups is 1. The molecule has 1 N–H and O–H groups in total. The highest BCUT2D eigenvalue weighted by Gasteiger charge is 2.32. The number of benzene rings is 1. The molecule has 0 unspecified atom stereocenters. The van der Waals surface area contributed by atoms with E-state index >= 15 is 0 Å². The highest BCUT2D eigenvalue weighted by molar-refractivity contribution is 5.98. The lowest BCUT2D eigenvalue weighted by molar-refractivity contribution is 0.0644. The first kappa shape index (κ1) is 21.9. The van der Waals surface area contributed by atoms with Crippen molar-refractivity contribution in [1.29, 1.82) is 0 Å². The number of methoxy groups -OCH3 is 1. The predicted octanol–water partition coefficient (Wildman–Crippen LogP) is 3.56. The van der Waals surface area contributed by atoms with E-state index in [1.165, 1.54) is 0 Å². The zero-order valence-electron chi connectivity index (χ0n) is 19.7. The third kappa shape index (κ3) is 3.72. The molecule has 3 aromatic rings. The largest absolute Gasteiger partial charge is 0.493 e. The van der Waals surface area contributed by atoms with Crippen molar-refractivity contribution in [2.45, 2.75) is 59.2 Å². The number of aromatic amines is 1. The number of rotatable bonds is 5. The summed E-state index contributed by atoms with van der Waals surface area (Å²) in [4.78, 5) is 15.2. The van der Waals surface area contributed by atoms with Crippen molar-refractivity contribution >= 4 is 5.91 Å². The molecule has 0 saturated carbocycles. The first-order chi connectivity index (χ1) is 15.1. The van der Waals surface area contributed by atoms with Gasteiger partial charge in [-0.2, -0.15) is 5.21 Å². The SMILES string of the molecule is COc1cc2c(cc1OC(C)C)-c1c(-c3nn[nH]n3)cc(C(=O)N(C)C(C)(C)C)n1CC2. The van der Waals surface area contributed by atoms with Gasteiger partial charge in [0.15, 0.2) is 11.5 Å². The molecule has 9 nitrogen and oxygen atoms in total. The normalized spacial score (nSPS) is 13.0. The summed E-state index contributed by atoms with van der Waals surface area (Å²) in [5.41, 5.74) is 4.03. The number of hydrogen-bond acceptors (Lipinski definition) is 6. The van der Waals surface area contributed by atoms with Gasteiger partial charge in [0.05, 0.1) is 18.9 Å². The lowest BCUT2D eigenvalue weighted by atomic mass is 9.95. The maximum absolute atomic E-state index is 13.5. The van der Waals surface area contributed by atoms with E-state index in [0.29, 0.717) is 29.6 Å². The smallest absolute Gasteiger partial charge is 0.270 e. The number of nitrogens with zero attached hydrogens (tertiary/aromatic N) is 5. The molecule has 0 spiro atoms. The minimum absolute atomic E-state index is 0.00780. The van der Waals surface area contributed by atoms with E-state index in [1.807, 2.05) is 59.9 Å². The lowest BCUT2D eigenvalue weighted by Gasteiger charge is -2.32. The Balaban J connectivity index is 1.94. The van der Waals surface area contributed by atoms with Gasteiger partial charge < -0.3 is 18.9 Å². The summed E-state index contributed by atoms with van der Waals surface area (Å²) in [5, 5.41) is 14.6. The Bertz CT molecular complexity index is 1140. The molecular weight excluding hydrogens is 408 g/mol. The highest BCUT2D eigenvalue weighted by atomic mass is 16.5. The fourth-order valence-electron chi connectivity index (χ4n) is 3.94. The Morgan fingerprint density at radius 1 is 1.19 bits per heavy atom. The van der Waals surface area contributed by atoms with Gasteiger partial charge in [0, 0.05) is 30.3 Å². The van der Waals surface area contributed by atoms with Crippen LogP contribution in [0.1, 0.15) is 50.7 Å².